The van der Waals surface area contributed by atoms with E-state index in [9.17, 15) is 0 Å². The van der Waals surface area contributed by atoms with Crippen molar-refractivity contribution >= 4 is 68.2 Å². The third-order valence-corrected chi connectivity index (χ3v) is 4.22. The van der Waals surface area contributed by atoms with Crippen molar-refractivity contribution in [2.75, 3.05) is 18.1 Å². The highest BCUT2D eigenvalue weighted by Crippen LogP contribution is 2.35. The summed E-state index contributed by atoms with van der Waals surface area (Å²) in [7, 11) is 0. The van der Waals surface area contributed by atoms with Gasteiger partial charge in [0.25, 0.3) is 0 Å². The number of hydrogen-bond donors (Lipinski definition) is 1. The SMILES string of the molecule is CSc1c(Cl)cc(NCC=C(Cl)Cl)cc1Br. The first-order valence-corrected chi connectivity index (χ1v) is 7.48. The summed E-state index contributed by atoms with van der Waals surface area (Å²) in [6.07, 6.45) is 3.66. The lowest BCUT2D eigenvalue weighted by Gasteiger charge is -2.09. The fourth-order valence-corrected chi connectivity index (χ4v) is 3.28. The Morgan fingerprint density at radius 2 is 2.19 bits per heavy atom. The molecule has 0 saturated carbocycles. The highest BCUT2D eigenvalue weighted by molar-refractivity contribution is 9.10. The summed E-state index contributed by atoms with van der Waals surface area (Å²) in [5, 5.41) is 3.85. The number of hydrogen-bond acceptors (Lipinski definition) is 2. The van der Waals surface area contributed by atoms with E-state index in [0.29, 0.717) is 11.6 Å². The summed E-state index contributed by atoms with van der Waals surface area (Å²) in [5.74, 6) is 0. The second-order valence-corrected chi connectivity index (χ2v) is 5.93. The third kappa shape index (κ3) is 4.38. The van der Waals surface area contributed by atoms with Crippen molar-refractivity contribution in [2.45, 2.75) is 4.90 Å². The van der Waals surface area contributed by atoms with Gasteiger partial charge in [-0.25, -0.2) is 0 Å². The molecule has 16 heavy (non-hydrogen) atoms. The first kappa shape index (κ1) is 14.5. The molecule has 0 atom stereocenters. The standard InChI is InChI=1S/C10H9BrCl3NS/c1-16-10-7(11)4-6(5-8(10)12)15-3-2-9(13)14/h2,4-5,15H,3H2,1H3. The van der Waals surface area contributed by atoms with E-state index in [1.807, 2.05) is 18.4 Å². The number of nitrogens with one attached hydrogen (secondary N) is 1. The molecule has 0 saturated heterocycles. The molecule has 0 fully saturated rings. The average molecular weight is 362 g/mol. The van der Waals surface area contributed by atoms with Crippen molar-refractivity contribution < 1.29 is 0 Å². The summed E-state index contributed by atoms with van der Waals surface area (Å²) < 4.78 is 1.22. The van der Waals surface area contributed by atoms with Gasteiger partial charge in [0, 0.05) is 21.6 Å². The molecule has 0 heterocycles. The second kappa shape index (κ2) is 7.02. The molecule has 0 aromatic heterocycles. The lowest BCUT2D eigenvalue weighted by Crippen LogP contribution is -1.98. The van der Waals surface area contributed by atoms with Gasteiger partial charge in [0.05, 0.1) is 5.02 Å². The fraction of sp³-hybridized carbons (Fsp3) is 0.200. The molecule has 1 nitrogen and oxygen atoms in total. The summed E-state index contributed by atoms with van der Waals surface area (Å²) in [4.78, 5) is 1.03. The zero-order valence-electron chi connectivity index (χ0n) is 8.36. The van der Waals surface area contributed by atoms with Crippen LogP contribution in [0.4, 0.5) is 5.69 Å². The van der Waals surface area contributed by atoms with Gasteiger partial charge in [-0.15, -0.1) is 11.8 Å². The van der Waals surface area contributed by atoms with Crippen molar-refractivity contribution in [2.24, 2.45) is 0 Å². The quantitative estimate of drug-likeness (QED) is 0.705. The van der Waals surface area contributed by atoms with Crippen LogP contribution < -0.4 is 5.32 Å². The maximum absolute atomic E-state index is 6.12. The van der Waals surface area contributed by atoms with E-state index in [1.54, 1.807) is 17.8 Å². The molecule has 0 radical (unpaired) electrons. The highest BCUT2D eigenvalue weighted by Gasteiger charge is 2.06. The molecule has 1 aromatic carbocycles. The summed E-state index contributed by atoms with van der Waals surface area (Å²) in [6.45, 7) is 0.559. The number of thioether (sulfide) groups is 1. The monoisotopic (exact) mass is 359 g/mol. The second-order valence-electron chi connectivity index (χ2n) is 2.85. The van der Waals surface area contributed by atoms with Crippen molar-refractivity contribution in [3.8, 4) is 0 Å². The van der Waals surface area contributed by atoms with Gasteiger partial charge in [0.1, 0.15) is 4.49 Å². The van der Waals surface area contributed by atoms with Crippen LogP contribution in [0.1, 0.15) is 0 Å². The molecule has 0 amide bonds. The topological polar surface area (TPSA) is 12.0 Å². The molecule has 1 N–H and O–H groups in total. The minimum absolute atomic E-state index is 0.249. The Hall–Kier alpha value is 0.460. The smallest absolute Gasteiger partial charge is 0.104 e. The average Bonchev–Trinajstić information content (AvgIpc) is 2.16. The zero-order valence-corrected chi connectivity index (χ0v) is 13.0. The van der Waals surface area contributed by atoms with Crippen LogP contribution in [0.15, 0.2) is 32.1 Å². The maximum Gasteiger partial charge on any atom is 0.104 e. The molecule has 88 valence electrons. The summed E-state index contributed by atoms with van der Waals surface area (Å²) >= 11 is 22.2. The van der Waals surface area contributed by atoms with Crippen LogP contribution in [0, 0.1) is 0 Å². The Bertz CT molecular complexity index is 382. The molecule has 0 unspecified atom stereocenters. The first-order chi connectivity index (χ1) is 7.54. The first-order valence-electron chi connectivity index (χ1n) is 4.32. The van der Waals surface area contributed by atoms with E-state index in [4.69, 9.17) is 34.8 Å². The Morgan fingerprint density at radius 1 is 1.50 bits per heavy atom. The highest BCUT2D eigenvalue weighted by atomic mass is 79.9. The number of benzene rings is 1. The van der Waals surface area contributed by atoms with E-state index < -0.39 is 0 Å². The Morgan fingerprint density at radius 3 is 2.69 bits per heavy atom. The van der Waals surface area contributed by atoms with Gasteiger partial charge in [-0.1, -0.05) is 34.8 Å². The number of halogens is 4. The molecule has 0 aliphatic rings. The summed E-state index contributed by atoms with van der Waals surface area (Å²) in [5.41, 5.74) is 0.917. The van der Waals surface area contributed by atoms with Gasteiger partial charge in [0.2, 0.25) is 0 Å². The van der Waals surface area contributed by atoms with Gasteiger partial charge in [0.15, 0.2) is 0 Å². The van der Waals surface area contributed by atoms with Crippen molar-refractivity contribution in [3.63, 3.8) is 0 Å². The summed E-state index contributed by atoms with van der Waals surface area (Å²) in [6, 6.07) is 3.84. The minimum atomic E-state index is 0.249. The van der Waals surface area contributed by atoms with Crippen LogP contribution in [0.5, 0.6) is 0 Å². The Labute approximate surface area is 123 Å². The van der Waals surface area contributed by atoms with Crippen LogP contribution >= 0.6 is 62.5 Å². The molecule has 0 bridgehead atoms. The molecule has 0 aliphatic heterocycles. The lowest BCUT2D eigenvalue weighted by atomic mass is 10.3. The number of rotatable bonds is 4. The van der Waals surface area contributed by atoms with Crippen molar-refractivity contribution in [1.29, 1.82) is 0 Å². The van der Waals surface area contributed by atoms with Crippen LogP contribution in [-0.4, -0.2) is 12.8 Å². The van der Waals surface area contributed by atoms with E-state index in [-0.39, 0.29) is 4.49 Å². The Balaban J connectivity index is 2.80. The van der Waals surface area contributed by atoms with Crippen LogP contribution in [-0.2, 0) is 0 Å². The molecular weight excluding hydrogens is 352 g/mol. The van der Waals surface area contributed by atoms with Crippen LogP contribution in [0.3, 0.4) is 0 Å². The Kier molecular flexibility index (Phi) is 6.37. The molecular formula is C10H9BrCl3NS. The predicted octanol–water partition coefficient (Wildman–Crippen LogP) is 5.56. The predicted molar refractivity (Wildman–Crippen MR) is 79.2 cm³/mol. The van der Waals surface area contributed by atoms with E-state index in [0.717, 1.165) is 15.1 Å². The van der Waals surface area contributed by atoms with Crippen molar-refractivity contribution in [1.82, 2.24) is 0 Å². The minimum Gasteiger partial charge on any atom is -0.381 e. The fourth-order valence-electron chi connectivity index (χ4n) is 1.10. The molecule has 0 aliphatic carbocycles. The van der Waals surface area contributed by atoms with Crippen molar-refractivity contribution in [3.05, 3.63) is 32.2 Å². The van der Waals surface area contributed by atoms with Crippen LogP contribution in [0.25, 0.3) is 0 Å². The molecule has 0 spiro atoms. The van der Waals surface area contributed by atoms with Gasteiger partial charge in [-0.05, 0) is 40.4 Å². The van der Waals surface area contributed by atoms with Gasteiger partial charge in [-0.2, -0.15) is 0 Å². The number of anilines is 1. The third-order valence-electron chi connectivity index (χ3n) is 1.76. The maximum atomic E-state index is 6.12. The van der Waals surface area contributed by atoms with E-state index >= 15 is 0 Å². The lowest BCUT2D eigenvalue weighted by molar-refractivity contribution is 1.31. The molecule has 1 rings (SSSR count). The van der Waals surface area contributed by atoms with E-state index in [2.05, 4.69) is 21.2 Å². The van der Waals surface area contributed by atoms with E-state index in [1.165, 1.54) is 0 Å². The zero-order chi connectivity index (χ0) is 12.1. The normalized spacial score (nSPS) is 10.1. The molecule has 6 heteroatoms. The van der Waals surface area contributed by atoms with Gasteiger partial charge < -0.3 is 5.32 Å². The largest absolute Gasteiger partial charge is 0.381 e. The van der Waals surface area contributed by atoms with Gasteiger partial charge >= 0.3 is 0 Å². The molecule has 1 aromatic rings. The van der Waals surface area contributed by atoms with Crippen LogP contribution in [0.2, 0.25) is 5.02 Å². The van der Waals surface area contributed by atoms with Gasteiger partial charge in [-0.3, -0.25) is 0 Å².